The Hall–Kier alpha value is -0.610. The Balaban J connectivity index is 2.24. The highest BCUT2D eigenvalue weighted by Crippen LogP contribution is 2.03. The Morgan fingerprint density at radius 3 is 2.92 bits per heavy atom. The minimum absolute atomic E-state index is 0.229. The molecule has 3 N–H and O–H groups in total. The molecule has 0 saturated carbocycles. The number of hydrogen-bond acceptors (Lipinski definition) is 4. The van der Waals surface area contributed by atoms with Crippen molar-refractivity contribution in [1.82, 2.24) is 5.32 Å². The van der Waals surface area contributed by atoms with Crippen LogP contribution in [0.25, 0.3) is 0 Å². The summed E-state index contributed by atoms with van der Waals surface area (Å²) in [6, 6.07) is 0. The first-order valence-electron chi connectivity index (χ1n) is 4.24. The van der Waals surface area contributed by atoms with E-state index in [9.17, 15) is 5.11 Å². The molecule has 0 fully saturated rings. The van der Waals surface area contributed by atoms with Gasteiger partial charge in [0.05, 0.1) is 12.4 Å². The SMILES string of the molecule is CC(O)(CO)CNC1=NCCC1. The van der Waals surface area contributed by atoms with Crippen molar-refractivity contribution in [2.45, 2.75) is 25.4 Å². The first kappa shape index (κ1) is 9.48. The van der Waals surface area contributed by atoms with Gasteiger partial charge in [-0.3, -0.25) is 4.99 Å². The molecule has 0 aromatic carbocycles. The van der Waals surface area contributed by atoms with Crippen molar-refractivity contribution in [2.75, 3.05) is 19.7 Å². The van der Waals surface area contributed by atoms with Gasteiger partial charge in [-0.2, -0.15) is 0 Å². The molecule has 1 rings (SSSR count). The van der Waals surface area contributed by atoms with Crippen molar-refractivity contribution in [1.29, 1.82) is 0 Å². The van der Waals surface area contributed by atoms with Gasteiger partial charge in [0.1, 0.15) is 5.60 Å². The summed E-state index contributed by atoms with van der Waals surface area (Å²) in [6.07, 6.45) is 2.05. The second-order valence-electron chi connectivity index (χ2n) is 3.44. The monoisotopic (exact) mass is 172 g/mol. The van der Waals surface area contributed by atoms with E-state index in [0.29, 0.717) is 6.54 Å². The number of aliphatic imine (C=N–C) groups is 1. The Labute approximate surface area is 72.3 Å². The van der Waals surface area contributed by atoms with E-state index in [1.165, 1.54) is 0 Å². The molecule has 1 atom stereocenters. The van der Waals surface area contributed by atoms with Crippen LogP contribution in [0, 0.1) is 0 Å². The Kier molecular flexibility index (Phi) is 3.05. The summed E-state index contributed by atoms with van der Waals surface area (Å²) < 4.78 is 0. The quantitative estimate of drug-likeness (QED) is 0.538. The van der Waals surface area contributed by atoms with Gasteiger partial charge < -0.3 is 15.5 Å². The normalized spacial score (nSPS) is 21.8. The average molecular weight is 172 g/mol. The van der Waals surface area contributed by atoms with Gasteiger partial charge in [0.25, 0.3) is 0 Å². The fraction of sp³-hybridized carbons (Fsp3) is 0.875. The molecule has 70 valence electrons. The number of nitrogens with zero attached hydrogens (tertiary/aromatic N) is 1. The van der Waals surface area contributed by atoms with E-state index in [1.54, 1.807) is 6.92 Å². The molecule has 0 amide bonds. The number of rotatable bonds is 3. The topological polar surface area (TPSA) is 64.8 Å². The highest BCUT2D eigenvalue weighted by atomic mass is 16.3. The molecule has 0 bridgehead atoms. The Morgan fingerprint density at radius 1 is 1.67 bits per heavy atom. The zero-order valence-electron chi connectivity index (χ0n) is 7.38. The van der Waals surface area contributed by atoms with Gasteiger partial charge >= 0.3 is 0 Å². The van der Waals surface area contributed by atoms with E-state index in [2.05, 4.69) is 10.3 Å². The summed E-state index contributed by atoms with van der Waals surface area (Å²) in [5.74, 6) is 0.948. The standard InChI is InChI=1S/C8H16N2O2/c1-8(12,6-11)5-10-7-3-2-4-9-7/h11-12H,2-6H2,1H3,(H,9,10). The minimum atomic E-state index is -1.04. The van der Waals surface area contributed by atoms with Crippen LogP contribution in [0.2, 0.25) is 0 Å². The summed E-state index contributed by atoms with van der Waals surface area (Å²) in [5, 5.41) is 21.2. The lowest BCUT2D eigenvalue weighted by Crippen LogP contribution is -2.42. The van der Waals surface area contributed by atoms with Crippen molar-refractivity contribution in [3.8, 4) is 0 Å². The van der Waals surface area contributed by atoms with Crippen LogP contribution in [0.5, 0.6) is 0 Å². The molecule has 4 nitrogen and oxygen atoms in total. The fourth-order valence-corrected chi connectivity index (χ4v) is 1.03. The highest BCUT2D eigenvalue weighted by molar-refractivity contribution is 5.83. The van der Waals surface area contributed by atoms with E-state index in [-0.39, 0.29) is 6.61 Å². The molecular weight excluding hydrogens is 156 g/mol. The molecule has 1 aliphatic heterocycles. The smallest absolute Gasteiger partial charge is 0.102 e. The van der Waals surface area contributed by atoms with Crippen LogP contribution in [0.3, 0.4) is 0 Å². The molecule has 0 saturated heterocycles. The van der Waals surface area contributed by atoms with Crippen LogP contribution < -0.4 is 5.32 Å². The zero-order valence-corrected chi connectivity index (χ0v) is 7.38. The average Bonchev–Trinajstić information content (AvgIpc) is 2.53. The lowest BCUT2D eigenvalue weighted by molar-refractivity contribution is 0.00613. The van der Waals surface area contributed by atoms with E-state index >= 15 is 0 Å². The number of amidine groups is 1. The highest BCUT2D eigenvalue weighted by Gasteiger charge is 2.19. The summed E-state index contributed by atoms with van der Waals surface area (Å²) in [7, 11) is 0. The first-order chi connectivity index (χ1) is 5.64. The van der Waals surface area contributed by atoms with Crippen LogP contribution >= 0.6 is 0 Å². The van der Waals surface area contributed by atoms with Gasteiger partial charge in [0.15, 0.2) is 0 Å². The summed E-state index contributed by atoms with van der Waals surface area (Å²) >= 11 is 0. The van der Waals surface area contributed by atoms with Crippen LogP contribution in [0.4, 0.5) is 0 Å². The van der Waals surface area contributed by atoms with Gasteiger partial charge in [0.2, 0.25) is 0 Å². The molecule has 12 heavy (non-hydrogen) atoms. The number of nitrogens with one attached hydrogen (secondary N) is 1. The van der Waals surface area contributed by atoms with E-state index < -0.39 is 5.60 Å². The number of aliphatic hydroxyl groups is 2. The third-order valence-electron chi connectivity index (χ3n) is 1.89. The predicted octanol–water partition coefficient (Wildman–Crippen LogP) is -0.488. The molecule has 1 aliphatic rings. The number of hydrogen-bond donors (Lipinski definition) is 3. The van der Waals surface area contributed by atoms with Gasteiger partial charge in [-0.15, -0.1) is 0 Å². The number of aliphatic hydroxyl groups excluding tert-OH is 1. The van der Waals surface area contributed by atoms with E-state index in [4.69, 9.17) is 5.11 Å². The first-order valence-corrected chi connectivity index (χ1v) is 4.24. The van der Waals surface area contributed by atoms with Gasteiger partial charge in [-0.1, -0.05) is 0 Å². The fourth-order valence-electron chi connectivity index (χ4n) is 1.03. The Bertz CT molecular complexity index is 178. The van der Waals surface area contributed by atoms with Gasteiger partial charge in [-0.05, 0) is 13.3 Å². The predicted molar refractivity (Wildman–Crippen MR) is 47.2 cm³/mol. The summed E-state index contributed by atoms with van der Waals surface area (Å²) in [6.45, 7) is 2.61. The maximum atomic E-state index is 9.42. The molecule has 0 aliphatic carbocycles. The third-order valence-corrected chi connectivity index (χ3v) is 1.89. The van der Waals surface area contributed by atoms with Crippen molar-refractivity contribution in [2.24, 2.45) is 4.99 Å². The molecule has 1 unspecified atom stereocenters. The summed E-state index contributed by atoms with van der Waals surface area (Å²) in [5.41, 5.74) is -1.04. The molecule has 0 aromatic rings. The molecule has 0 spiro atoms. The van der Waals surface area contributed by atoms with E-state index in [1.807, 2.05) is 0 Å². The second kappa shape index (κ2) is 3.87. The lowest BCUT2D eigenvalue weighted by Gasteiger charge is -2.21. The van der Waals surface area contributed by atoms with Gasteiger partial charge in [-0.25, -0.2) is 0 Å². The van der Waals surface area contributed by atoms with E-state index in [0.717, 1.165) is 25.2 Å². The molecule has 0 radical (unpaired) electrons. The van der Waals surface area contributed by atoms with Crippen molar-refractivity contribution >= 4 is 5.84 Å². The van der Waals surface area contributed by atoms with Crippen LogP contribution in [0.15, 0.2) is 4.99 Å². The maximum absolute atomic E-state index is 9.42. The molecule has 1 heterocycles. The van der Waals surface area contributed by atoms with Crippen molar-refractivity contribution in [3.63, 3.8) is 0 Å². The third kappa shape index (κ3) is 2.79. The molecule has 4 heteroatoms. The largest absolute Gasteiger partial charge is 0.393 e. The van der Waals surface area contributed by atoms with Crippen molar-refractivity contribution < 1.29 is 10.2 Å². The van der Waals surface area contributed by atoms with Crippen LogP contribution in [-0.2, 0) is 0 Å². The molecule has 0 aromatic heterocycles. The molecular formula is C8H16N2O2. The zero-order chi connectivity index (χ0) is 9.03. The Morgan fingerprint density at radius 2 is 2.42 bits per heavy atom. The van der Waals surface area contributed by atoms with Gasteiger partial charge in [0, 0.05) is 19.5 Å². The maximum Gasteiger partial charge on any atom is 0.102 e. The lowest BCUT2D eigenvalue weighted by atomic mass is 10.1. The van der Waals surface area contributed by atoms with Crippen LogP contribution in [0.1, 0.15) is 19.8 Å². The summed E-state index contributed by atoms with van der Waals surface area (Å²) in [4.78, 5) is 4.19. The van der Waals surface area contributed by atoms with Crippen molar-refractivity contribution in [3.05, 3.63) is 0 Å². The minimum Gasteiger partial charge on any atom is -0.393 e. The second-order valence-corrected chi connectivity index (χ2v) is 3.44. The van der Waals surface area contributed by atoms with Crippen LogP contribution in [-0.4, -0.2) is 41.3 Å².